The number of anilines is 2. The number of nitrogens with one attached hydrogen (secondary N) is 2. The first-order valence-electron chi connectivity index (χ1n) is 7.25. The number of halogens is 2. The fourth-order valence-electron chi connectivity index (χ4n) is 1.67. The van der Waals surface area contributed by atoms with Crippen LogP contribution in [0.4, 0.5) is 15.8 Å². The number of amides is 2. The summed E-state index contributed by atoms with van der Waals surface area (Å²) in [7, 11) is 3.08. The Bertz CT molecular complexity index is 752. The zero-order chi connectivity index (χ0) is 18.4. The second kappa shape index (κ2) is 9.28. The van der Waals surface area contributed by atoms with Crippen molar-refractivity contribution < 1.29 is 15.4 Å². The lowest BCUT2D eigenvalue weighted by atomic mass is 10.3. The zero-order valence-corrected chi connectivity index (χ0v) is 16.3. The van der Waals surface area contributed by atoms with Crippen molar-refractivity contribution in [3.63, 3.8) is 0 Å². The van der Waals surface area contributed by atoms with E-state index < -0.39 is 10.1 Å². The van der Waals surface area contributed by atoms with Crippen LogP contribution in [0.25, 0.3) is 0 Å². The molecule has 0 saturated carbocycles. The van der Waals surface area contributed by atoms with Crippen LogP contribution < -0.4 is 10.6 Å². The molecule has 126 valence electrons. The standard InChI is InChI=1S/C16H14FIN2O2S2/c1-10(21)19-11-2-6-13(7-3-11)23-24-14-8-4-12(5-9-14)20-16(22)15(17)18/h2-9,15H,1H3,(H,19,21)(H,20,22)/i15T. The molecule has 2 N–H and O–H groups in total. The Morgan fingerprint density at radius 3 is 1.79 bits per heavy atom. The smallest absolute Gasteiger partial charge is 0.269 e. The maximum Gasteiger partial charge on any atom is 0.269 e. The van der Waals surface area contributed by atoms with Gasteiger partial charge in [0, 0.05) is 28.1 Å². The summed E-state index contributed by atoms with van der Waals surface area (Å²) in [5.74, 6) is -1.12. The highest BCUT2D eigenvalue weighted by atomic mass is 127. The van der Waals surface area contributed by atoms with Gasteiger partial charge in [-0.3, -0.25) is 9.59 Å². The van der Waals surface area contributed by atoms with E-state index in [1.165, 1.54) is 17.7 Å². The number of hydrogen-bond acceptors (Lipinski definition) is 4. The molecule has 1 atom stereocenters. The summed E-state index contributed by atoms with van der Waals surface area (Å²) in [6, 6.07) is 14.4. The SMILES string of the molecule is [3H]C(F)(I)C(=O)Nc1ccc(SSc2ccc(NC(C)=O)cc2)cc1. The zero-order valence-electron chi connectivity index (χ0n) is 13.5. The number of alkyl halides is 2. The molecule has 2 aromatic rings. The number of carbonyl (C=O) groups excluding carboxylic acids is 2. The minimum atomic E-state index is -2.69. The van der Waals surface area contributed by atoms with E-state index in [0.29, 0.717) is 5.69 Å². The van der Waals surface area contributed by atoms with Crippen LogP contribution in [0.3, 0.4) is 0 Å². The first-order chi connectivity index (χ1) is 11.7. The van der Waals surface area contributed by atoms with Gasteiger partial charge in [-0.1, -0.05) is 21.6 Å². The molecular formula is C16H14FIN2O2S2. The molecule has 4 nitrogen and oxygen atoms in total. The van der Waals surface area contributed by atoms with Crippen molar-refractivity contribution in [2.75, 3.05) is 10.6 Å². The third-order valence-electron chi connectivity index (χ3n) is 2.69. The van der Waals surface area contributed by atoms with Gasteiger partial charge in [0.1, 0.15) is 0 Å². The molecule has 0 aliphatic rings. The molecule has 1 unspecified atom stereocenters. The Labute approximate surface area is 162 Å². The maximum absolute atomic E-state index is 13.2. The predicted molar refractivity (Wildman–Crippen MR) is 106 cm³/mol. The van der Waals surface area contributed by atoms with E-state index in [4.69, 9.17) is 1.37 Å². The molecule has 0 heterocycles. The van der Waals surface area contributed by atoms with Crippen LogP contribution >= 0.6 is 44.2 Å². The van der Waals surface area contributed by atoms with Gasteiger partial charge in [-0.05, 0) is 71.1 Å². The van der Waals surface area contributed by atoms with Crippen molar-refractivity contribution in [1.82, 2.24) is 0 Å². The molecule has 0 saturated heterocycles. The lowest BCUT2D eigenvalue weighted by Crippen LogP contribution is -2.18. The van der Waals surface area contributed by atoms with Gasteiger partial charge in [0.2, 0.25) is 10.1 Å². The topological polar surface area (TPSA) is 58.2 Å². The Hall–Kier alpha value is -1.26. The molecule has 0 aromatic heterocycles. The number of carbonyl (C=O) groups is 2. The fourth-order valence-corrected chi connectivity index (χ4v) is 3.73. The van der Waals surface area contributed by atoms with E-state index in [0.717, 1.165) is 38.1 Å². The van der Waals surface area contributed by atoms with Crippen molar-refractivity contribution in [2.45, 2.75) is 20.9 Å². The van der Waals surface area contributed by atoms with Crippen molar-refractivity contribution in [2.24, 2.45) is 0 Å². The monoisotopic (exact) mass is 478 g/mol. The highest BCUT2D eigenvalue weighted by Crippen LogP contribution is 2.38. The van der Waals surface area contributed by atoms with E-state index in [-0.39, 0.29) is 5.91 Å². The van der Waals surface area contributed by atoms with Crippen molar-refractivity contribution in [3.8, 4) is 0 Å². The molecule has 0 aliphatic carbocycles. The Morgan fingerprint density at radius 2 is 1.42 bits per heavy atom. The molecule has 2 amide bonds. The van der Waals surface area contributed by atoms with Gasteiger partial charge in [0.25, 0.3) is 5.91 Å². The van der Waals surface area contributed by atoms with E-state index in [9.17, 15) is 14.0 Å². The minimum Gasteiger partial charge on any atom is -0.326 e. The Kier molecular flexibility index (Phi) is 6.79. The van der Waals surface area contributed by atoms with Crippen LogP contribution in [-0.2, 0) is 9.59 Å². The van der Waals surface area contributed by atoms with Gasteiger partial charge >= 0.3 is 0 Å². The molecule has 0 bridgehead atoms. The number of hydrogen-bond donors (Lipinski definition) is 2. The Morgan fingerprint density at radius 1 is 1.00 bits per heavy atom. The molecule has 24 heavy (non-hydrogen) atoms. The van der Waals surface area contributed by atoms with Crippen LogP contribution in [0, 0.1) is 0 Å². The van der Waals surface area contributed by atoms with Gasteiger partial charge in [-0.15, -0.1) is 0 Å². The average molecular weight is 478 g/mol. The molecular weight excluding hydrogens is 462 g/mol. The van der Waals surface area contributed by atoms with Crippen LogP contribution in [-0.4, -0.2) is 16.0 Å². The quantitative estimate of drug-likeness (QED) is 0.344. The van der Waals surface area contributed by atoms with Gasteiger partial charge in [-0.2, -0.15) is 0 Å². The van der Waals surface area contributed by atoms with E-state index in [1.807, 2.05) is 24.3 Å². The van der Waals surface area contributed by atoms with Crippen molar-refractivity contribution >= 4 is 67.4 Å². The summed E-state index contributed by atoms with van der Waals surface area (Å²) in [4.78, 5) is 24.4. The maximum atomic E-state index is 13.2. The summed E-state index contributed by atoms with van der Waals surface area (Å²) >= 11 is 1.12. The highest BCUT2D eigenvalue weighted by Gasteiger charge is 2.12. The van der Waals surface area contributed by atoms with Gasteiger partial charge in [0.15, 0.2) is 0 Å². The first kappa shape index (κ1) is 17.6. The highest BCUT2D eigenvalue weighted by molar-refractivity contribution is 14.1. The molecule has 0 fully saturated rings. The molecule has 2 rings (SSSR count). The largest absolute Gasteiger partial charge is 0.326 e. The summed E-state index contributed by atoms with van der Waals surface area (Å²) in [5.41, 5.74) is 1.18. The third-order valence-corrected chi connectivity index (χ3v) is 5.60. The Balaban J connectivity index is 1.89. The fraction of sp³-hybridized carbons (Fsp3) is 0.125. The van der Waals surface area contributed by atoms with Crippen molar-refractivity contribution in [1.29, 1.82) is 0 Å². The molecule has 0 spiro atoms. The van der Waals surface area contributed by atoms with Gasteiger partial charge < -0.3 is 10.6 Å². The summed E-state index contributed by atoms with van der Waals surface area (Å²) in [6.07, 6.45) is 0. The van der Waals surface area contributed by atoms with Crippen molar-refractivity contribution in [3.05, 3.63) is 48.5 Å². The van der Waals surface area contributed by atoms with E-state index in [2.05, 4.69) is 10.6 Å². The third kappa shape index (κ3) is 6.33. The molecule has 0 aliphatic heterocycles. The molecule has 8 heteroatoms. The lowest BCUT2D eigenvalue weighted by Gasteiger charge is -2.07. The van der Waals surface area contributed by atoms with E-state index >= 15 is 0 Å². The second-order valence-corrected chi connectivity index (χ2v) is 7.83. The van der Waals surface area contributed by atoms with E-state index in [1.54, 1.807) is 35.1 Å². The van der Waals surface area contributed by atoms with Crippen LogP contribution in [0.1, 0.15) is 8.29 Å². The first-order valence-corrected chi connectivity index (χ1v) is 9.98. The van der Waals surface area contributed by atoms with Crippen LogP contribution in [0.2, 0.25) is 0 Å². The van der Waals surface area contributed by atoms with Crippen LogP contribution in [0.15, 0.2) is 58.3 Å². The summed E-state index contributed by atoms with van der Waals surface area (Å²) in [5, 5.41) is 5.05. The minimum absolute atomic E-state index is 0.111. The van der Waals surface area contributed by atoms with Gasteiger partial charge in [0.05, 0.1) is 1.37 Å². The second-order valence-electron chi connectivity index (χ2n) is 4.61. The lowest BCUT2D eigenvalue weighted by molar-refractivity contribution is -0.117. The summed E-state index contributed by atoms with van der Waals surface area (Å²) < 4.78 is 17.5. The van der Waals surface area contributed by atoms with Crippen LogP contribution in [0.5, 0.6) is 0 Å². The summed E-state index contributed by atoms with van der Waals surface area (Å²) in [6.45, 7) is 1.46. The number of benzene rings is 2. The molecule has 2 aromatic carbocycles. The number of rotatable bonds is 6. The van der Waals surface area contributed by atoms with Gasteiger partial charge in [-0.25, -0.2) is 4.39 Å². The predicted octanol–water partition coefficient (Wildman–Crippen LogP) is 5.11. The normalized spacial score (nSPS) is 13.5. The molecule has 0 radical (unpaired) electrons. The average Bonchev–Trinajstić information content (AvgIpc) is 2.54.